The van der Waals surface area contributed by atoms with Crippen molar-refractivity contribution in [3.8, 4) is 0 Å². The van der Waals surface area contributed by atoms with Gasteiger partial charge >= 0.3 is 6.09 Å². The number of carbonyl (C=O) groups excluding carboxylic acids is 1. The molecular weight excluding hydrogens is 406 g/mol. The molecule has 190 valence electrons. The lowest BCUT2D eigenvalue weighted by Gasteiger charge is -2.61. The molecule has 4 aliphatic rings. The van der Waals surface area contributed by atoms with Crippen molar-refractivity contribution in [2.45, 2.75) is 125 Å². The SMILES string of the molecule is CC(CCCNC(=O)OC(C)(C)C)[C@H]1CC[C@H]2[C@@H]3CC[C@H]4C[C@@H](C)CC[C@]4(C)[C@H]3CC[C@]12C. The highest BCUT2D eigenvalue weighted by Crippen LogP contribution is 2.68. The van der Waals surface area contributed by atoms with Crippen LogP contribution < -0.4 is 5.32 Å². The van der Waals surface area contributed by atoms with Crippen LogP contribution in [0.1, 0.15) is 119 Å². The predicted molar refractivity (Wildman–Crippen MR) is 137 cm³/mol. The highest BCUT2D eigenvalue weighted by Gasteiger charge is 2.60. The van der Waals surface area contributed by atoms with Crippen LogP contribution in [0.15, 0.2) is 0 Å². The third-order valence-electron chi connectivity index (χ3n) is 11.2. The Bertz CT molecular complexity index is 698. The zero-order valence-corrected chi connectivity index (χ0v) is 22.8. The summed E-state index contributed by atoms with van der Waals surface area (Å²) >= 11 is 0. The molecule has 9 atom stereocenters. The van der Waals surface area contributed by atoms with Gasteiger partial charge in [-0.1, -0.05) is 34.1 Å². The van der Waals surface area contributed by atoms with Crippen molar-refractivity contribution in [1.82, 2.24) is 5.32 Å². The fourth-order valence-electron chi connectivity index (χ4n) is 9.58. The van der Waals surface area contributed by atoms with Crippen LogP contribution in [0.5, 0.6) is 0 Å². The molecule has 0 aromatic carbocycles. The maximum Gasteiger partial charge on any atom is 0.407 e. The van der Waals surface area contributed by atoms with Gasteiger partial charge in [-0.2, -0.15) is 0 Å². The van der Waals surface area contributed by atoms with Crippen molar-refractivity contribution < 1.29 is 9.53 Å². The lowest BCUT2D eigenvalue weighted by atomic mass is 9.44. The summed E-state index contributed by atoms with van der Waals surface area (Å²) in [4.78, 5) is 11.9. The Balaban J connectivity index is 1.32. The topological polar surface area (TPSA) is 38.3 Å². The molecule has 33 heavy (non-hydrogen) atoms. The summed E-state index contributed by atoms with van der Waals surface area (Å²) in [5.41, 5.74) is 0.758. The van der Waals surface area contributed by atoms with E-state index < -0.39 is 5.60 Å². The zero-order chi connectivity index (χ0) is 24.0. The van der Waals surface area contributed by atoms with E-state index in [4.69, 9.17) is 4.74 Å². The molecule has 1 unspecified atom stereocenters. The summed E-state index contributed by atoms with van der Waals surface area (Å²) in [7, 11) is 0. The van der Waals surface area contributed by atoms with Crippen LogP contribution in [0.4, 0.5) is 4.79 Å². The second kappa shape index (κ2) is 9.38. The van der Waals surface area contributed by atoms with Gasteiger partial charge in [0.15, 0.2) is 0 Å². The number of alkyl carbamates (subject to hydrolysis) is 1. The molecule has 0 radical (unpaired) electrons. The molecule has 0 bridgehead atoms. The smallest absolute Gasteiger partial charge is 0.407 e. The van der Waals surface area contributed by atoms with Crippen LogP contribution >= 0.6 is 0 Å². The largest absolute Gasteiger partial charge is 0.444 e. The third kappa shape index (κ3) is 4.99. The number of nitrogens with one attached hydrogen (secondary N) is 1. The first-order chi connectivity index (χ1) is 15.4. The second-order valence-electron chi connectivity index (χ2n) is 14.3. The predicted octanol–water partition coefficient (Wildman–Crippen LogP) is 8.22. The first-order valence-electron chi connectivity index (χ1n) is 14.4. The van der Waals surface area contributed by atoms with E-state index in [1.165, 1.54) is 64.2 Å². The van der Waals surface area contributed by atoms with E-state index in [9.17, 15) is 4.79 Å². The van der Waals surface area contributed by atoms with E-state index >= 15 is 0 Å². The van der Waals surface area contributed by atoms with Gasteiger partial charge in [0.05, 0.1) is 0 Å². The first kappa shape index (κ1) is 25.4. The molecule has 4 aliphatic carbocycles. The lowest BCUT2D eigenvalue weighted by molar-refractivity contribution is -0.120. The standard InChI is InChI=1S/C30H53NO2/c1-20-14-16-29(6)22(19-20)10-11-23-25-13-12-24(30(25,7)17-15-26(23)29)21(2)9-8-18-31-27(32)33-28(3,4)5/h20-26H,8-19H2,1-7H3,(H,31,32)/t20-,21?,22-,23-,24+,25-,26-,29-,30+/m0/s1. The van der Waals surface area contributed by atoms with Crippen molar-refractivity contribution in [2.75, 3.05) is 6.54 Å². The molecule has 0 aliphatic heterocycles. The highest BCUT2D eigenvalue weighted by molar-refractivity contribution is 5.67. The Morgan fingerprint density at radius 1 is 1.00 bits per heavy atom. The molecule has 0 saturated heterocycles. The van der Waals surface area contributed by atoms with Crippen LogP contribution in [0.2, 0.25) is 0 Å². The summed E-state index contributed by atoms with van der Waals surface area (Å²) in [6.45, 7) is 16.9. The lowest BCUT2D eigenvalue weighted by Crippen LogP contribution is -2.53. The highest BCUT2D eigenvalue weighted by atomic mass is 16.6. The van der Waals surface area contributed by atoms with Gasteiger partial charge in [0, 0.05) is 6.54 Å². The maximum atomic E-state index is 11.9. The van der Waals surface area contributed by atoms with Crippen LogP contribution in [0.3, 0.4) is 0 Å². The van der Waals surface area contributed by atoms with Gasteiger partial charge in [-0.05, 0) is 137 Å². The number of hydrogen-bond donors (Lipinski definition) is 1. The van der Waals surface area contributed by atoms with Gasteiger partial charge in [0.25, 0.3) is 0 Å². The molecule has 0 aromatic heterocycles. The zero-order valence-electron chi connectivity index (χ0n) is 22.8. The average molecular weight is 460 g/mol. The molecular formula is C30H53NO2. The Kier molecular flexibility index (Phi) is 7.21. The van der Waals surface area contributed by atoms with E-state index in [0.29, 0.717) is 10.8 Å². The minimum Gasteiger partial charge on any atom is -0.444 e. The van der Waals surface area contributed by atoms with Gasteiger partial charge in [0.1, 0.15) is 5.60 Å². The van der Waals surface area contributed by atoms with Crippen LogP contribution in [-0.2, 0) is 4.74 Å². The summed E-state index contributed by atoms with van der Waals surface area (Å²) < 4.78 is 5.38. The Morgan fingerprint density at radius 2 is 1.70 bits per heavy atom. The molecule has 1 N–H and O–H groups in total. The molecule has 0 spiro atoms. The van der Waals surface area contributed by atoms with E-state index in [1.807, 2.05) is 20.8 Å². The minimum atomic E-state index is -0.421. The van der Waals surface area contributed by atoms with Crippen molar-refractivity contribution >= 4 is 6.09 Å². The van der Waals surface area contributed by atoms with Gasteiger partial charge in [0.2, 0.25) is 0 Å². The van der Waals surface area contributed by atoms with E-state index in [2.05, 4.69) is 33.0 Å². The van der Waals surface area contributed by atoms with Crippen LogP contribution in [-0.4, -0.2) is 18.2 Å². The van der Waals surface area contributed by atoms with Crippen molar-refractivity contribution in [3.63, 3.8) is 0 Å². The molecule has 4 rings (SSSR count). The number of ether oxygens (including phenoxy) is 1. The van der Waals surface area contributed by atoms with Gasteiger partial charge in [-0.3, -0.25) is 0 Å². The number of carbonyl (C=O) groups is 1. The molecule has 3 nitrogen and oxygen atoms in total. The van der Waals surface area contributed by atoms with E-state index in [-0.39, 0.29) is 6.09 Å². The molecule has 4 fully saturated rings. The Morgan fingerprint density at radius 3 is 2.42 bits per heavy atom. The maximum absolute atomic E-state index is 11.9. The number of hydrogen-bond acceptors (Lipinski definition) is 2. The average Bonchev–Trinajstić information content (AvgIpc) is 3.07. The fourth-order valence-corrected chi connectivity index (χ4v) is 9.58. The molecule has 0 heterocycles. The Hall–Kier alpha value is -0.730. The normalized spacial score (nSPS) is 43.7. The number of amides is 1. The van der Waals surface area contributed by atoms with Crippen molar-refractivity contribution in [1.29, 1.82) is 0 Å². The van der Waals surface area contributed by atoms with E-state index in [1.54, 1.807) is 0 Å². The third-order valence-corrected chi connectivity index (χ3v) is 11.2. The van der Waals surface area contributed by atoms with Crippen LogP contribution in [0, 0.1) is 52.3 Å². The first-order valence-corrected chi connectivity index (χ1v) is 14.4. The molecule has 1 amide bonds. The summed E-state index contributed by atoms with van der Waals surface area (Å²) in [6.07, 6.45) is 15.3. The minimum absolute atomic E-state index is 0.275. The quantitative estimate of drug-likeness (QED) is 0.420. The second-order valence-corrected chi connectivity index (χ2v) is 14.3. The van der Waals surface area contributed by atoms with Gasteiger partial charge < -0.3 is 10.1 Å². The summed E-state index contributed by atoms with van der Waals surface area (Å²) in [6, 6.07) is 0. The molecule has 3 heteroatoms. The van der Waals surface area contributed by atoms with E-state index in [0.717, 1.165) is 54.4 Å². The monoisotopic (exact) mass is 459 g/mol. The Labute approximate surface area is 204 Å². The van der Waals surface area contributed by atoms with Crippen molar-refractivity contribution in [3.05, 3.63) is 0 Å². The number of rotatable bonds is 5. The molecule has 0 aromatic rings. The van der Waals surface area contributed by atoms with Gasteiger partial charge in [-0.15, -0.1) is 0 Å². The van der Waals surface area contributed by atoms with Crippen molar-refractivity contribution in [2.24, 2.45) is 52.3 Å². The van der Waals surface area contributed by atoms with Crippen LogP contribution in [0.25, 0.3) is 0 Å². The fraction of sp³-hybridized carbons (Fsp3) is 0.967. The summed E-state index contributed by atoms with van der Waals surface area (Å²) in [5, 5.41) is 2.96. The summed E-state index contributed by atoms with van der Waals surface area (Å²) in [5.74, 6) is 6.51. The van der Waals surface area contributed by atoms with Gasteiger partial charge in [-0.25, -0.2) is 4.79 Å². The molecule has 4 saturated carbocycles. The number of fused-ring (bicyclic) bond motifs is 5.